The predicted octanol–water partition coefficient (Wildman–Crippen LogP) is 5.01. The molecule has 2 aliphatic rings. The average Bonchev–Trinajstić information content (AvgIpc) is 2.48. The van der Waals surface area contributed by atoms with E-state index in [9.17, 15) is 0 Å². The molecule has 0 spiro atoms. The molecular formula is C18H35N. The minimum atomic E-state index is 0.785. The van der Waals surface area contributed by atoms with Gasteiger partial charge in [0.05, 0.1) is 0 Å². The van der Waals surface area contributed by atoms with Crippen molar-refractivity contribution < 1.29 is 0 Å². The van der Waals surface area contributed by atoms with Gasteiger partial charge >= 0.3 is 0 Å². The van der Waals surface area contributed by atoms with Gasteiger partial charge in [-0.25, -0.2) is 0 Å². The van der Waals surface area contributed by atoms with Crippen LogP contribution < -0.4 is 5.32 Å². The van der Waals surface area contributed by atoms with Crippen LogP contribution in [0.15, 0.2) is 0 Å². The van der Waals surface area contributed by atoms with E-state index in [0.717, 1.165) is 29.7 Å². The molecule has 4 atom stereocenters. The van der Waals surface area contributed by atoms with Crippen molar-refractivity contribution in [3.63, 3.8) is 0 Å². The Labute approximate surface area is 120 Å². The molecule has 0 saturated heterocycles. The predicted molar refractivity (Wildman–Crippen MR) is 84.3 cm³/mol. The molecule has 112 valence electrons. The number of hydrogen-bond donors (Lipinski definition) is 1. The molecule has 0 aromatic rings. The lowest BCUT2D eigenvalue weighted by Crippen LogP contribution is -2.40. The van der Waals surface area contributed by atoms with Crippen LogP contribution in [-0.2, 0) is 0 Å². The number of nitrogens with one attached hydrogen (secondary N) is 1. The lowest BCUT2D eigenvalue weighted by Gasteiger charge is -2.42. The number of rotatable bonds is 6. The van der Waals surface area contributed by atoms with E-state index in [1.165, 1.54) is 64.2 Å². The van der Waals surface area contributed by atoms with Crippen LogP contribution in [0.25, 0.3) is 0 Å². The maximum atomic E-state index is 3.67. The van der Waals surface area contributed by atoms with Crippen molar-refractivity contribution in [2.24, 2.45) is 23.7 Å². The third-order valence-electron chi connectivity index (χ3n) is 6.26. The zero-order valence-corrected chi connectivity index (χ0v) is 13.5. The van der Waals surface area contributed by atoms with Gasteiger partial charge in [0.2, 0.25) is 0 Å². The Balaban J connectivity index is 1.88. The average molecular weight is 265 g/mol. The Morgan fingerprint density at radius 3 is 2.26 bits per heavy atom. The Morgan fingerprint density at radius 1 is 0.947 bits per heavy atom. The molecule has 0 heterocycles. The fourth-order valence-electron chi connectivity index (χ4n) is 4.80. The van der Waals surface area contributed by atoms with Crippen molar-refractivity contribution in [3.8, 4) is 0 Å². The fourth-order valence-corrected chi connectivity index (χ4v) is 4.80. The first-order valence-corrected chi connectivity index (χ1v) is 8.95. The molecule has 0 aromatic carbocycles. The molecule has 2 saturated carbocycles. The van der Waals surface area contributed by atoms with E-state index in [0.29, 0.717) is 0 Å². The van der Waals surface area contributed by atoms with Crippen LogP contribution in [0.4, 0.5) is 0 Å². The first-order chi connectivity index (χ1) is 9.28. The second-order valence-electron chi connectivity index (χ2n) is 7.19. The highest BCUT2D eigenvalue weighted by Crippen LogP contribution is 2.44. The Hall–Kier alpha value is -0.0400. The van der Waals surface area contributed by atoms with Gasteiger partial charge in [-0.2, -0.15) is 0 Å². The fraction of sp³-hybridized carbons (Fsp3) is 1.00. The quantitative estimate of drug-likeness (QED) is 0.712. The van der Waals surface area contributed by atoms with E-state index in [2.05, 4.69) is 26.2 Å². The second kappa shape index (κ2) is 7.67. The van der Waals surface area contributed by atoms with E-state index in [1.807, 2.05) is 0 Å². The molecule has 2 aliphatic carbocycles. The van der Waals surface area contributed by atoms with E-state index >= 15 is 0 Å². The third kappa shape index (κ3) is 3.97. The summed E-state index contributed by atoms with van der Waals surface area (Å²) in [6, 6.07) is 0.785. The maximum Gasteiger partial charge on any atom is 0.00950 e. The van der Waals surface area contributed by atoms with Gasteiger partial charge in [0.25, 0.3) is 0 Å². The van der Waals surface area contributed by atoms with Crippen molar-refractivity contribution in [1.29, 1.82) is 0 Å². The number of hydrogen-bond acceptors (Lipinski definition) is 1. The van der Waals surface area contributed by atoms with Crippen LogP contribution in [0.2, 0.25) is 0 Å². The summed E-state index contributed by atoms with van der Waals surface area (Å²) < 4.78 is 0. The van der Waals surface area contributed by atoms with Gasteiger partial charge in [-0.05, 0) is 56.4 Å². The van der Waals surface area contributed by atoms with Crippen LogP contribution in [0, 0.1) is 23.7 Å². The summed E-state index contributed by atoms with van der Waals surface area (Å²) in [7, 11) is 2.19. The second-order valence-corrected chi connectivity index (χ2v) is 7.19. The molecule has 0 radical (unpaired) electrons. The zero-order valence-electron chi connectivity index (χ0n) is 13.5. The molecule has 0 aliphatic heterocycles. The zero-order chi connectivity index (χ0) is 13.7. The lowest BCUT2D eigenvalue weighted by atomic mass is 9.65. The first-order valence-electron chi connectivity index (χ1n) is 8.95. The van der Waals surface area contributed by atoms with E-state index < -0.39 is 0 Å². The molecule has 2 fully saturated rings. The molecule has 1 N–H and O–H groups in total. The highest BCUT2D eigenvalue weighted by Gasteiger charge is 2.35. The highest BCUT2D eigenvalue weighted by molar-refractivity contribution is 4.88. The van der Waals surface area contributed by atoms with Crippen LogP contribution in [0.3, 0.4) is 0 Å². The topological polar surface area (TPSA) is 12.0 Å². The molecule has 0 bridgehead atoms. The Kier molecular flexibility index (Phi) is 6.19. The molecule has 4 unspecified atom stereocenters. The molecule has 19 heavy (non-hydrogen) atoms. The molecule has 1 nitrogen and oxygen atoms in total. The van der Waals surface area contributed by atoms with E-state index in [-0.39, 0.29) is 0 Å². The Bertz CT molecular complexity index is 246. The summed E-state index contributed by atoms with van der Waals surface area (Å²) in [6.45, 7) is 4.72. The standard InChI is InChI=1S/C18H35N/c1-4-14(5-2)12-18(19-3)17-11-10-15-8-6-7-9-16(15)13-17/h14-19H,4-13H2,1-3H3. The summed E-state index contributed by atoms with van der Waals surface area (Å²) in [5.41, 5.74) is 0. The molecule has 1 heteroatoms. The van der Waals surface area contributed by atoms with Gasteiger partial charge in [0, 0.05) is 6.04 Å². The van der Waals surface area contributed by atoms with Crippen molar-refractivity contribution in [3.05, 3.63) is 0 Å². The summed E-state index contributed by atoms with van der Waals surface area (Å²) >= 11 is 0. The molecule has 0 amide bonds. The number of fused-ring (bicyclic) bond motifs is 1. The molecule has 0 aromatic heterocycles. The van der Waals surface area contributed by atoms with Crippen molar-refractivity contribution >= 4 is 0 Å². The van der Waals surface area contributed by atoms with Crippen LogP contribution in [0.1, 0.15) is 78.1 Å². The van der Waals surface area contributed by atoms with Gasteiger partial charge in [-0.1, -0.05) is 52.4 Å². The van der Waals surface area contributed by atoms with Crippen molar-refractivity contribution in [1.82, 2.24) is 5.32 Å². The van der Waals surface area contributed by atoms with Crippen molar-refractivity contribution in [2.75, 3.05) is 7.05 Å². The molecule has 2 rings (SSSR count). The minimum absolute atomic E-state index is 0.785. The first kappa shape index (κ1) is 15.4. The smallest absolute Gasteiger partial charge is 0.00950 e. The summed E-state index contributed by atoms with van der Waals surface area (Å²) in [5, 5.41) is 3.67. The SMILES string of the molecule is CCC(CC)CC(NC)C1CCC2CCCCC2C1. The summed E-state index contributed by atoms with van der Waals surface area (Å²) in [6.07, 6.45) is 14.7. The highest BCUT2D eigenvalue weighted by atomic mass is 14.9. The summed E-state index contributed by atoms with van der Waals surface area (Å²) in [4.78, 5) is 0. The lowest BCUT2D eigenvalue weighted by molar-refractivity contribution is 0.104. The maximum absolute atomic E-state index is 3.67. The van der Waals surface area contributed by atoms with Gasteiger partial charge in [-0.15, -0.1) is 0 Å². The minimum Gasteiger partial charge on any atom is -0.317 e. The Morgan fingerprint density at radius 2 is 1.63 bits per heavy atom. The largest absolute Gasteiger partial charge is 0.317 e. The third-order valence-corrected chi connectivity index (χ3v) is 6.26. The van der Waals surface area contributed by atoms with E-state index in [4.69, 9.17) is 0 Å². The van der Waals surface area contributed by atoms with Gasteiger partial charge in [-0.3, -0.25) is 0 Å². The summed E-state index contributed by atoms with van der Waals surface area (Å²) in [5.74, 6) is 4.06. The van der Waals surface area contributed by atoms with E-state index in [1.54, 1.807) is 0 Å². The van der Waals surface area contributed by atoms with Crippen LogP contribution in [-0.4, -0.2) is 13.1 Å². The monoisotopic (exact) mass is 265 g/mol. The van der Waals surface area contributed by atoms with Gasteiger partial charge < -0.3 is 5.32 Å². The molecular weight excluding hydrogens is 230 g/mol. The van der Waals surface area contributed by atoms with Crippen LogP contribution in [0.5, 0.6) is 0 Å². The van der Waals surface area contributed by atoms with Gasteiger partial charge in [0.15, 0.2) is 0 Å². The van der Waals surface area contributed by atoms with Crippen LogP contribution >= 0.6 is 0 Å². The van der Waals surface area contributed by atoms with Gasteiger partial charge in [0.1, 0.15) is 0 Å². The normalized spacial score (nSPS) is 33.2. The van der Waals surface area contributed by atoms with Crippen molar-refractivity contribution in [2.45, 2.75) is 84.1 Å².